The molecule has 0 atom stereocenters. The molecular formula is C23H17N3O5S. The fourth-order valence-corrected chi connectivity index (χ4v) is 4.11. The van der Waals surface area contributed by atoms with E-state index in [1.54, 1.807) is 48.5 Å². The van der Waals surface area contributed by atoms with Crippen LogP contribution in [0.4, 0.5) is 5.69 Å². The average Bonchev–Trinajstić information content (AvgIpc) is 3.16. The van der Waals surface area contributed by atoms with Crippen molar-refractivity contribution >= 4 is 32.7 Å². The van der Waals surface area contributed by atoms with Crippen LogP contribution in [0, 0.1) is 11.8 Å². The number of imidazole rings is 1. The second-order valence-electron chi connectivity index (χ2n) is 6.80. The number of esters is 1. The van der Waals surface area contributed by atoms with Gasteiger partial charge >= 0.3 is 11.7 Å². The Labute approximate surface area is 183 Å². The topological polar surface area (TPSA) is 121 Å². The molecule has 0 fully saturated rings. The highest BCUT2D eigenvalue weighted by Gasteiger charge is 2.15. The Morgan fingerprint density at radius 1 is 0.906 bits per heavy atom. The Morgan fingerprint density at radius 2 is 1.59 bits per heavy atom. The molecule has 0 bridgehead atoms. The van der Waals surface area contributed by atoms with Crippen LogP contribution >= 0.6 is 0 Å². The van der Waals surface area contributed by atoms with Crippen molar-refractivity contribution in [3.05, 3.63) is 93.9 Å². The Balaban J connectivity index is 1.57. The predicted octanol–water partition coefficient (Wildman–Crippen LogP) is 2.84. The lowest BCUT2D eigenvalue weighted by molar-refractivity contribution is 0.0600. The molecule has 1 aromatic heterocycles. The van der Waals surface area contributed by atoms with E-state index < -0.39 is 21.7 Å². The minimum Gasteiger partial charge on any atom is -0.465 e. The molecule has 0 aliphatic carbocycles. The summed E-state index contributed by atoms with van der Waals surface area (Å²) in [5.41, 5.74) is 2.43. The fraction of sp³-hybridized carbons (Fsp3) is 0.0435. The van der Waals surface area contributed by atoms with E-state index in [0.29, 0.717) is 33.4 Å². The normalized spacial score (nSPS) is 10.9. The number of methoxy groups -OCH3 is 1. The van der Waals surface area contributed by atoms with Crippen LogP contribution in [-0.2, 0) is 14.8 Å². The number of carbonyl (C=O) groups is 1. The number of benzene rings is 3. The summed E-state index contributed by atoms with van der Waals surface area (Å²) in [4.78, 5) is 28.2. The Bertz CT molecular complexity index is 1560. The third-order valence-electron chi connectivity index (χ3n) is 4.55. The Morgan fingerprint density at radius 3 is 2.34 bits per heavy atom. The number of carbonyl (C=O) groups excluding carboxylic acids is 1. The summed E-state index contributed by atoms with van der Waals surface area (Å²) in [5, 5.41) is 0. The predicted molar refractivity (Wildman–Crippen MR) is 120 cm³/mol. The number of aromatic amines is 2. The van der Waals surface area contributed by atoms with E-state index in [1.165, 1.54) is 25.3 Å². The second kappa shape index (κ2) is 8.45. The zero-order valence-electron chi connectivity index (χ0n) is 16.8. The van der Waals surface area contributed by atoms with Crippen molar-refractivity contribution in [3.8, 4) is 11.8 Å². The largest absolute Gasteiger partial charge is 0.465 e. The molecule has 0 aliphatic heterocycles. The van der Waals surface area contributed by atoms with Gasteiger partial charge in [-0.25, -0.2) is 18.0 Å². The molecule has 3 N–H and O–H groups in total. The summed E-state index contributed by atoms with van der Waals surface area (Å²) < 4.78 is 32.8. The van der Waals surface area contributed by atoms with E-state index in [4.69, 9.17) is 4.74 Å². The summed E-state index contributed by atoms with van der Waals surface area (Å²) in [6.45, 7) is 0. The van der Waals surface area contributed by atoms with Crippen molar-refractivity contribution < 1.29 is 17.9 Å². The van der Waals surface area contributed by atoms with Crippen LogP contribution in [-0.4, -0.2) is 31.5 Å². The van der Waals surface area contributed by atoms with Crippen molar-refractivity contribution in [2.24, 2.45) is 0 Å². The molecule has 32 heavy (non-hydrogen) atoms. The number of ether oxygens (including phenoxy) is 1. The molecule has 0 saturated heterocycles. The van der Waals surface area contributed by atoms with Crippen LogP contribution in [0.5, 0.6) is 0 Å². The van der Waals surface area contributed by atoms with Gasteiger partial charge in [-0.05, 0) is 54.6 Å². The Hall–Kier alpha value is -4.29. The van der Waals surface area contributed by atoms with Gasteiger partial charge in [0.25, 0.3) is 10.0 Å². The molecule has 0 amide bonds. The third-order valence-corrected chi connectivity index (χ3v) is 5.93. The van der Waals surface area contributed by atoms with Crippen LogP contribution in [0.1, 0.15) is 21.5 Å². The molecule has 4 rings (SSSR count). The standard InChI is InChI=1S/C23H17N3O5S/c1-31-22(27)17-6-2-4-15(12-17)8-9-16-5-3-7-18(13-16)26-32(29,30)19-10-11-20-21(14-19)25-23(28)24-20/h2-7,10-14,26H,1H3,(H2,24,25,28). The third kappa shape index (κ3) is 4.55. The smallest absolute Gasteiger partial charge is 0.337 e. The first-order valence-electron chi connectivity index (χ1n) is 9.39. The number of fused-ring (bicyclic) bond motifs is 1. The van der Waals surface area contributed by atoms with Crippen molar-refractivity contribution in [3.63, 3.8) is 0 Å². The summed E-state index contributed by atoms with van der Waals surface area (Å²) in [5.74, 6) is 5.46. The number of aromatic nitrogens is 2. The van der Waals surface area contributed by atoms with E-state index >= 15 is 0 Å². The summed E-state index contributed by atoms with van der Waals surface area (Å²) in [6.07, 6.45) is 0. The number of H-pyrrole nitrogens is 2. The van der Waals surface area contributed by atoms with Crippen LogP contribution in [0.15, 0.2) is 76.4 Å². The summed E-state index contributed by atoms with van der Waals surface area (Å²) in [7, 11) is -2.57. The molecule has 9 heteroatoms. The van der Waals surface area contributed by atoms with Crippen molar-refractivity contribution in [1.82, 2.24) is 9.97 Å². The number of hydrogen-bond acceptors (Lipinski definition) is 5. The van der Waals surface area contributed by atoms with Gasteiger partial charge in [0.2, 0.25) is 0 Å². The highest BCUT2D eigenvalue weighted by atomic mass is 32.2. The summed E-state index contributed by atoms with van der Waals surface area (Å²) >= 11 is 0. The van der Waals surface area contributed by atoms with E-state index in [2.05, 4.69) is 26.5 Å². The van der Waals surface area contributed by atoms with Gasteiger partial charge in [-0.2, -0.15) is 0 Å². The molecule has 3 aromatic carbocycles. The van der Waals surface area contributed by atoms with Crippen LogP contribution in [0.25, 0.3) is 11.0 Å². The van der Waals surface area contributed by atoms with E-state index in [-0.39, 0.29) is 4.90 Å². The van der Waals surface area contributed by atoms with Gasteiger partial charge in [-0.1, -0.05) is 24.0 Å². The molecule has 1 heterocycles. The Kier molecular flexibility index (Phi) is 5.54. The van der Waals surface area contributed by atoms with Gasteiger partial charge in [0.1, 0.15) is 0 Å². The zero-order chi connectivity index (χ0) is 22.7. The molecule has 4 aromatic rings. The lowest BCUT2D eigenvalue weighted by Crippen LogP contribution is -2.13. The van der Waals surface area contributed by atoms with Gasteiger partial charge in [0.05, 0.1) is 34.3 Å². The van der Waals surface area contributed by atoms with Gasteiger partial charge in [0.15, 0.2) is 0 Å². The lowest BCUT2D eigenvalue weighted by atomic mass is 10.1. The van der Waals surface area contributed by atoms with Crippen molar-refractivity contribution in [2.45, 2.75) is 4.90 Å². The minimum absolute atomic E-state index is 0.0105. The highest BCUT2D eigenvalue weighted by Crippen LogP contribution is 2.19. The molecule has 8 nitrogen and oxygen atoms in total. The van der Waals surface area contributed by atoms with Crippen molar-refractivity contribution in [2.75, 3.05) is 11.8 Å². The van der Waals surface area contributed by atoms with Crippen molar-refractivity contribution in [1.29, 1.82) is 0 Å². The number of hydrogen-bond donors (Lipinski definition) is 3. The monoisotopic (exact) mass is 447 g/mol. The number of anilines is 1. The van der Waals surface area contributed by atoms with Gasteiger partial charge < -0.3 is 14.7 Å². The maximum atomic E-state index is 12.8. The molecule has 160 valence electrons. The number of nitrogens with one attached hydrogen (secondary N) is 3. The maximum absolute atomic E-state index is 12.8. The first-order chi connectivity index (χ1) is 15.3. The maximum Gasteiger partial charge on any atom is 0.337 e. The number of rotatable bonds is 4. The van der Waals surface area contributed by atoms with Gasteiger partial charge in [0, 0.05) is 11.1 Å². The molecule has 0 radical (unpaired) electrons. The van der Waals surface area contributed by atoms with Gasteiger partial charge in [-0.3, -0.25) is 4.72 Å². The SMILES string of the molecule is COC(=O)c1cccc(C#Cc2cccc(NS(=O)(=O)c3ccc4[nH]c(=O)[nH]c4c3)c2)c1. The first kappa shape index (κ1) is 21.0. The van der Waals surface area contributed by atoms with Crippen LogP contribution in [0.3, 0.4) is 0 Å². The molecule has 0 unspecified atom stereocenters. The minimum atomic E-state index is -3.88. The zero-order valence-corrected chi connectivity index (χ0v) is 17.6. The lowest BCUT2D eigenvalue weighted by Gasteiger charge is -2.08. The van der Waals surface area contributed by atoms with Gasteiger partial charge in [-0.15, -0.1) is 0 Å². The molecular weight excluding hydrogens is 430 g/mol. The second-order valence-corrected chi connectivity index (χ2v) is 8.48. The van der Waals surface area contributed by atoms with E-state index in [0.717, 1.165) is 0 Å². The highest BCUT2D eigenvalue weighted by molar-refractivity contribution is 7.92. The quantitative estimate of drug-likeness (QED) is 0.328. The summed E-state index contributed by atoms with van der Waals surface area (Å²) in [6, 6.07) is 17.7. The molecule has 0 saturated carbocycles. The fourth-order valence-electron chi connectivity index (χ4n) is 3.04. The average molecular weight is 447 g/mol. The molecule has 0 spiro atoms. The first-order valence-corrected chi connectivity index (χ1v) is 10.9. The van der Waals surface area contributed by atoms with E-state index in [9.17, 15) is 18.0 Å². The van der Waals surface area contributed by atoms with Crippen LogP contribution < -0.4 is 10.4 Å². The number of sulfonamides is 1. The molecule has 0 aliphatic rings. The van der Waals surface area contributed by atoms with Crippen LogP contribution in [0.2, 0.25) is 0 Å². The van der Waals surface area contributed by atoms with E-state index in [1.807, 2.05) is 0 Å².